The normalized spacial score (nSPS) is 12.9. The van der Waals surface area contributed by atoms with Gasteiger partial charge in [0.05, 0.1) is 4.34 Å². The molecule has 0 aliphatic rings. The van der Waals surface area contributed by atoms with Crippen LogP contribution in [0.5, 0.6) is 0 Å². The molecule has 4 heteroatoms. The molecule has 0 bridgehead atoms. The number of thiophene rings is 1. The van der Waals surface area contributed by atoms with Crippen molar-refractivity contribution in [3.8, 4) is 0 Å². The standard InChI is InChI=1S/C7H8ClNOS/c8-7-2-1-6(11-7)5(9)3-4-10/h1-2,4-5H,3,9H2. The van der Waals surface area contributed by atoms with E-state index in [4.69, 9.17) is 17.3 Å². The van der Waals surface area contributed by atoms with Crippen LogP contribution >= 0.6 is 22.9 Å². The minimum Gasteiger partial charge on any atom is -0.323 e. The van der Waals surface area contributed by atoms with Gasteiger partial charge in [0, 0.05) is 17.3 Å². The second-order valence-corrected chi connectivity index (χ2v) is 3.90. The maximum absolute atomic E-state index is 10.1. The monoisotopic (exact) mass is 189 g/mol. The number of aldehydes is 1. The van der Waals surface area contributed by atoms with Crippen molar-refractivity contribution in [3.63, 3.8) is 0 Å². The molecule has 0 fully saturated rings. The average Bonchev–Trinajstić information content (AvgIpc) is 2.36. The summed E-state index contributed by atoms with van der Waals surface area (Å²) in [4.78, 5) is 11.0. The van der Waals surface area contributed by atoms with E-state index in [0.717, 1.165) is 11.2 Å². The molecule has 1 aromatic heterocycles. The molecule has 1 aromatic rings. The van der Waals surface area contributed by atoms with Crippen molar-refractivity contribution < 1.29 is 4.79 Å². The summed E-state index contributed by atoms with van der Waals surface area (Å²) in [6.45, 7) is 0. The van der Waals surface area contributed by atoms with Crippen LogP contribution in [0.2, 0.25) is 4.34 Å². The van der Waals surface area contributed by atoms with Crippen LogP contribution in [0.1, 0.15) is 17.3 Å². The molecule has 0 aromatic carbocycles. The van der Waals surface area contributed by atoms with E-state index in [1.165, 1.54) is 11.3 Å². The molecule has 11 heavy (non-hydrogen) atoms. The van der Waals surface area contributed by atoms with Gasteiger partial charge in [-0.25, -0.2) is 0 Å². The van der Waals surface area contributed by atoms with Crippen molar-refractivity contribution in [3.05, 3.63) is 21.3 Å². The molecule has 0 aliphatic carbocycles. The number of carbonyl (C=O) groups excluding carboxylic acids is 1. The highest BCUT2D eigenvalue weighted by molar-refractivity contribution is 7.16. The van der Waals surface area contributed by atoms with Gasteiger partial charge in [-0.3, -0.25) is 0 Å². The fourth-order valence-corrected chi connectivity index (χ4v) is 1.82. The van der Waals surface area contributed by atoms with Crippen LogP contribution in [0.3, 0.4) is 0 Å². The van der Waals surface area contributed by atoms with Gasteiger partial charge in [-0.2, -0.15) is 0 Å². The smallest absolute Gasteiger partial charge is 0.121 e. The van der Waals surface area contributed by atoms with Gasteiger partial charge in [-0.15, -0.1) is 11.3 Å². The lowest BCUT2D eigenvalue weighted by Gasteiger charge is -2.02. The zero-order valence-corrected chi connectivity index (χ0v) is 7.36. The zero-order valence-electron chi connectivity index (χ0n) is 5.79. The Morgan fingerprint density at radius 3 is 2.91 bits per heavy atom. The molecular weight excluding hydrogens is 182 g/mol. The first-order chi connectivity index (χ1) is 5.24. The molecule has 0 amide bonds. The Bertz CT molecular complexity index is 248. The highest BCUT2D eigenvalue weighted by Crippen LogP contribution is 2.26. The van der Waals surface area contributed by atoms with E-state index in [1.54, 1.807) is 6.07 Å². The van der Waals surface area contributed by atoms with Crippen molar-refractivity contribution >= 4 is 29.2 Å². The molecule has 1 atom stereocenters. The van der Waals surface area contributed by atoms with Crippen LogP contribution in [0, 0.1) is 0 Å². The molecule has 0 spiro atoms. The Kier molecular flexibility index (Phi) is 3.05. The number of hydrogen-bond donors (Lipinski definition) is 1. The third-order valence-electron chi connectivity index (χ3n) is 1.31. The molecule has 2 N–H and O–H groups in total. The highest BCUT2D eigenvalue weighted by Gasteiger charge is 2.06. The predicted octanol–water partition coefficient (Wildman–Crippen LogP) is 1.99. The van der Waals surface area contributed by atoms with Crippen molar-refractivity contribution in [1.29, 1.82) is 0 Å². The van der Waals surface area contributed by atoms with Gasteiger partial charge >= 0.3 is 0 Å². The van der Waals surface area contributed by atoms with Gasteiger partial charge in [0.2, 0.25) is 0 Å². The third kappa shape index (κ3) is 2.29. The summed E-state index contributed by atoms with van der Waals surface area (Å²) in [5, 5.41) is 0. The number of hydrogen-bond acceptors (Lipinski definition) is 3. The fourth-order valence-electron chi connectivity index (χ4n) is 0.747. The molecule has 1 heterocycles. The Morgan fingerprint density at radius 2 is 2.45 bits per heavy atom. The maximum Gasteiger partial charge on any atom is 0.121 e. The molecule has 60 valence electrons. The Balaban J connectivity index is 2.67. The largest absolute Gasteiger partial charge is 0.323 e. The van der Waals surface area contributed by atoms with Crippen LogP contribution in [0.4, 0.5) is 0 Å². The summed E-state index contributed by atoms with van der Waals surface area (Å²) < 4.78 is 0.710. The van der Waals surface area contributed by atoms with Gasteiger partial charge in [-0.1, -0.05) is 11.6 Å². The van der Waals surface area contributed by atoms with Gasteiger partial charge < -0.3 is 10.5 Å². The molecule has 0 aliphatic heterocycles. The summed E-state index contributed by atoms with van der Waals surface area (Å²) in [5.41, 5.74) is 5.64. The molecule has 0 saturated carbocycles. The second kappa shape index (κ2) is 3.85. The molecule has 2 nitrogen and oxygen atoms in total. The van der Waals surface area contributed by atoms with Crippen molar-refractivity contribution in [2.45, 2.75) is 12.5 Å². The van der Waals surface area contributed by atoms with E-state index in [1.807, 2.05) is 6.07 Å². The van der Waals surface area contributed by atoms with Crippen LogP contribution in [0.15, 0.2) is 12.1 Å². The third-order valence-corrected chi connectivity index (χ3v) is 2.67. The van der Waals surface area contributed by atoms with E-state index in [0.29, 0.717) is 10.8 Å². The van der Waals surface area contributed by atoms with Crippen molar-refractivity contribution in [1.82, 2.24) is 0 Å². The first-order valence-electron chi connectivity index (χ1n) is 3.18. The predicted molar refractivity (Wildman–Crippen MR) is 46.9 cm³/mol. The number of nitrogens with two attached hydrogens (primary N) is 1. The summed E-state index contributed by atoms with van der Waals surface area (Å²) in [6.07, 6.45) is 1.18. The van der Waals surface area contributed by atoms with Gasteiger partial charge in [0.25, 0.3) is 0 Å². The topological polar surface area (TPSA) is 43.1 Å². The first kappa shape index (κ1) is 8.71. The lowest BCUT2D eigenvalue weighted by Crippen LogP contribution is -2.08. The molecule has 1 rings (SSSR count). The lowest BCUT2D eigenvalue weighted by atomic mass is 10.2. The lowest BCUT2D eigenvalue weighted by molar-refractivity contribution is -0.108. The van der Waals surface area contributed by atoms with E-state index in [9.17, 15) is 4.79 Å². The molecule has 0 saturated heterocycles. The average molecular weight is 190 g/mol. The van der Waals surface area contributed by atoms with Crippen LogP contribution in [-0.4, -0.2) is 6.29 Å². The first-order valence-corrected chi connectivity index (χ1v) is 4.38. The van der Waals surface area contributed by atoms with Gasteiger partial charge in [-0.05, 0) is 12.1 Å². The molecule has 0 radical (unpaired) electrons. The summed E-state index contributed by atoms with van der Waals surface area (Å²) >= 11 is 7.10. The van der Waals surface area contributed by atoms with Gasteiger partial charge in [0.15, 0.2) is 0 Å². The minimum atomic E-state index is -0.190. The molecule has 1 unspecified atom stereocenters. The minimum absolute atomic E-state index is 0.190. The summed E-state index contributed by atoms with van der Waals surface area (Å²) in [5.74, 6) is 0. The molecular formula is C7H8ClNOS. The van der Waals surface area contributed by atoms with Gasteiger partial charge in [0.1, 0.15) is 6.29 Å². The van der Waals surface area contributed by atoms with Crippen LogP contribution in [-0.2, 0) is 4.79 Å². The zero-order chi connectivity index (χ0) is 8.27. The maximum atomic E-state index is 10.1. The highest BCUT2D eigenvalue weighted by atomic mass is 35.5. The van der Waals surface area contributed by atoms with Crippen LogP contribution in [0.25, 0.3) is 0 Å². The summed E-state index contributed by atoms with van der Waals surface area (Å²) in [7, 11) is 0. The fraction of sp³-hybridized carbons (Fsp3) is 0.286. The van der Waals surface area contributed by atoms with Crippen molar-refractivity contribution in [2.75, 3.05) is 0 Å². The quantitative estimate of drug-likeness (QED) is 0.740. The van der Waals surface area contributed by atoms with E-state index in [2.05, 4.69) is 0 Å². The number of halogens is 1. The van der Waals surface area contributed by atoms with Crippen molar-refractivity contribution in [2.24, 2.45) is 5.73 Å². The second-order valence-electron chi connectivity index (χ2n) is 2.15. The van der Waals surface area contributed by atoms with E-state index in [-0.39, 0.29) is 6.04 Å². The number of carbonyl (C=O) groups is 1. The number of rotatable bonds is 3. The van der Waals surface area contributed by atoms with Crippen LogP contribution < -0.4 is 5.73 Å². The summed E-state index contributed by atoms with van der Waals surface area (Å²) in [6, 6.07) is 3.44. The Labute approximate surface area is 74.0 Å². The Morgan fingerprint density at radius 1 is 1.73 bits per heavy atom. The van der Waals surface area contributed by atoms with E-state index >= 15 is 0 Å². The Hall–Kier alpha value is -0.380. The van der Waals surface area contributed by atoms with E-state index < -0.39 is 0 Å². The SMILES string of the molecule is NC(CC=O)c1ccc(Cl)s1.